The fourth-order valence-corrected chi connectivity index (χ4v) is 3.64. The first-order valence-electron chi connectivity index (χ1n) is 8.18. The molecule has 3 rings (SSSR count). The minimum atomic E-state index is -0.230. The Morgan fingerprint density at radius 1 is 1.41 bits per heavy atom. The fraction of sp³-hybridized carbons (Fsp3) is 0.611. The van der Waals surface area contributed by atoms with Gasteiger partial charge in [0.15, 0.2) is 0 Å². The van der Waals surface area contributed by atoms with Crippen LogP contribution in [-0.4, -0.2) is 36.6 Å². The van der Waals surface area contributed by atoms with E-state index in [0.29, 0.717) is 24.8 Å². The molecule has 22 heavy (non-hydrogen) atoms. The Morgan fingerprint density at radius 3 is 3.00 bits per heavy atom. The molecule has 0 aliphatic carbocycles. The number of piperidine rings is 1. The van der Waals surface area contributed by atoms with Crippen LogP contribution in [0.3, 0.4) is 0 Å². The maximum absolute atomic E-state index is 11.5. The summed E-state index contributed by atoms with van der Waals surface area (Å²) in [5.74, 6) is 0.599. The van der Waals surface area contributed by atoms with Gasteiger partial charge in [0.1, 0.15) is 19.0 Å². The lowest BCUT2D eigenvalue weighted by molar-refractivity contribution is 0.0112. The summed E-state index contributed by atoms with van der Waals surface area (Å²) in [6.07, 6.45) is 2.50. The van der Waals surface area contributed by atoms with Crippen LogP contribution >= 0.6 is 0 Å². The zero-order chi connectivity index (χ0) is 15.7. The van der Waals surface area contributed by atoms with E-state index in [0.717, 1.165) is 24.4 Å². The molecule has 4 nitrogen and oxygen atoms in total. The van der Waals surface area contributed by atoms with Crippen LogP contribution in [0.2, 0.25) is 0 Å². The standard InChI is InChI=1S/C18H25NO3/c1-4-19-9-5-8-18(2,3)16(19)12-21-14-6-7-15-13(10-14)11-22-17(15)20/h6-7,10,16H,4-5,8-9,11-12H2,1-3H3/t16-/m0/s1. The lowest BCUT2D eigenvalue weighted by Crippen LogP contribution is -2.52. The number of hydrogen-bond donors (Lipinski definition) is 0. The van der Waals surface area contributed by atoms with E-state index in [1.807, 2.05) is 18.2 Å². The normalized spacial score (nSPS) is 24.0. The molecule has 1 aromatic rings. The van der Waals surface area contributed by atoms with Crippen molar-refractivity contribution in [2.24, 2.45) is 5.41 Å². The Morgan fingerprint density at radius 2 is 2.23 bits per heavy atom. The SMILES string of the molecule is CCN1CCCC(C)(C)[C@@H]1COc1ccc2c(c1)COC2=O. The Kier molecular flexibility index (Phi) is 4.13. The lowest BCUT2D eigenvalue weighted by Gasteiger charge is -2.46. The zero-order valence-electron chi connectivity index (χ0n) is 13.7. The molecular weight excluding hydrogens is 278 g/mol. The average molecular weight is 303 g/mol. The molecule has 1 saturated heterocycles. The van der Waals surface area contributed by atoms with Gasteiger partial charge in [0, 0.05) is 11.6 Å². The van der Waals surface area contributed by atoms with Crippen molar-refractivity contribution < 1.29 is 14.3 Å². The first-order chi connectivity index (χ1) is 10.5. The number of benzene rings is 1. The summed E-state index contributed by atoms with van der Waals surface area (Å²) in [5.41, 5.74) is 1.86. The molecular formula is C18H25NO3. The summed E-state index contributed by atoms with van der Waals surface area (Å²) in [6.45, 7) is 10.1. The fourth-order valence-electron chi connectivity index (χ4n) is 3.64. The van der Waals surface area contributed by atoms with Crippen LogP contribution in [0.1, 0.15) is 49.5 Å². The van der Waals surface area contributed by atoms with Crippen molar-refractivity contribution in [1.29, 1.82) is 0 Å². The van der Waals surface area contributed by atoms with Gasteiger partial charge in [-0.15, -0.1) is 0 Å². The summed E-state index contributed by atoms with van der Waals surface area (Å²) < 4.78 is 11.1. The molecule has 2 heterocycles. The predicted molar refractivity (Wildman–Crippen MR) is 85.1 cm³/mol. The zero-order valence-corrected chi connectivity index (χ0v) is 13.7. The molecule has 1 atom stereocenters. The maximum Gasteiger partial charge on any atom is 0.338 e. The molecule has 0 unspecified atom stereocenters. The molecule has 0 amide bonds. The minimum Gasteiger partial charge on any atom is -0.492 e. The molecule has 0 saturated carbocycles. The number of rotatable bonds is 4. The van der Waals surface area contributed by atoms with Gasteiger partial charge < -0.3 is 9.47 Å². The highest BCUT2D eigenvalue weighted by atomic mass is 16.5. The van der Waals surface area contributed by atoms with Crippen molar-refractivity contribution in [1.82, 2.24) is 4.90 Å². The second-order valence-electron chi connectivity index (χ2n) is 6.94. The van der Waals surface area contributed by atoms with Gasteiger partial charge in [-0.1, -0.05) is 20.8 Å². The van der Waals surface area contributed by atoms with Gasteiger partial charge in [-0.05, 0) is 49.5 Å². The third-order valence-corrected chi connectivity index (χ3v) is 5.08. The summed E-state index contributed by atoms with van der Waals surface area (Å²) in [6, 6.07) is 6.05. The van der Waals surface area contributed by atoms with Gasteiger partial charge >= 0.3 is 5.97 Å². The highest BCUT2D eigenvalue weighted by Gasteiger charge is 2.37. The third kappa shape index (κ3) is 2.84. The van der Waals surface area contributed by atoms with E-state index in [9.17, 15) is 4.79 Å². The second-order valence-corrected chi connectivity index (χ2v) is 6.94. The molecule has 1 fully saturated rings. The molecule has 0 spiro atoms. The highest BCUT2D eigenvalue weighted by Crippen LogP contribution is 2.35. The molecule has 0 N–H and O–H groups in total. The molecule has 2 aliphatic heterocycles. The number of carbonyl (C=O) groups excluding carboxylic acids is 1. The second kappa shape index (κ2) is 5.92. The number of fused-ring (bicyclic) bond motifs is 1. The number of likely N-dealkylation sites (N-methyl/N-ethyl adjacent to an activating group) is 1. The number of hydrogen-bond acceptors (Lipinski definition) is 4. The third-order valence-electron chi connectivity index (χ3n) is 5.08. The van der Waals surface area contributed by atoms with Crippen LogP contribution in [0.15, 0.2) is 18.2 Å². The Hall–Kier alpha value is -1.55. The molecule has 120 valence electrons. The first-order valence-corrected chi connectivity index (χ1v) is 8.18. The molecule has 0 radical (unpaired) electrons. The number of nitrogens with zero attached hydrogens (tertiary/aromatic N) is 1. The van der Waals surface area contributed by atoms with Crippen molar-refractivity contribution >= 4 is 5.97 Å². The van der Waals surface area contributed by atoms with E-state index in [1.165, 1.54) is 12.8 Å². The Balaban J connectivity index is 1.70. The van der Waals surface area contributed by atoms with Crippen LogP contribution < -0.4 is 4.74 Å². The topological polar surface area (TPSA) is 38.8 Å². The van der Waals surface area contributed by atoms with Gasteiger partial charge in [0.25, 0.3) is 0 Å². The van der Waals surface area contributed by atoms with Crippen molar-refractivity contribution in [3.63, 3.8) is 0 Å². The minimum absolute atomic E-state index is 0.230. The van der Waals surface area contributed by atoms with Crippen LogP contribution in [0.25, 0.3) is 0 Å². The number of ether oxygens (including phenoxy) is 2. The predicted octanol–water partition coefficient (Wildman–Crippen LogP) is 3.25. The van der Waals surface area contributed by atoms with Gasteiger partial charge in [0.2, 0.25) is 0 Å². The van der Waals surface area contributed by atoms with Crippen molar-refractivity contribution in [2.45, 2.75) is 46.3 Å². The van der Waals surface area contributed by atoms with Crippen molar-refractivity contribution in [3.8, 4) is 5.75 Å². The summed E-state index contributed by atoms with van der Waals surface area (Å²) in [5, 5.41) is 0. The maximum atomic E-state index is 11.5. The monoisotopic (exact) mass is 303 g/mol. The van der Waals surface area contributed by atoms with E-state index in [4.69, 9.17) is 9.47 Å². The number of cyclic esters (lactones) is 1. The summed E-state index contributed by atoms with van der Waals surface area (Å²) >= 11 is 0. The van der Waals surface area contributed by atoms with E-state index in [1.54, 1.807) is 0 Å². The lowest BCUT2D eigenvalue weighted by atomic mass is 9.76. The van der Waals surface area contributed by atoms with Gasteiger partial charge in [0.05, 0.1) is 5.56 Å². The number of esters is 1. The van der Waals surface area contributed by atoms with Gasteiger partial charge in [-0.3, -0.25) is 4.90 Å². The average Bonchev–Trinajstić information content (AvgIpc) is 2.86. The van der Waals surface area contributed by atoms with E-state index >= 15 is 0 Å². The van der Waals surface area contributed by atoms with E-state index in [-0.39, 0.29) is 11.4 Å². The molecule has 2 aliphatic rings. The van der Waals surface area contributed by atoms with E-state index < -0.39 is 0 Å². The quantitative estimate of drug-likeness (QED) is 0.800. The van der Waals surface area contributed by atoms with Crippen molar-refractivity contribution in [2.75, 3.05) is 19.7 Å². The van der Waals surface area contributed by atoms with Crippen LogP contribution in [-0.2, 0) is 11.3 Å². The highest BCUT2D eigenvalue weighted by molar-refractivity contribution is 5.93. The smallest absolute Gasteiger partial charge is 0.338 e. The van der Waals surface area contributed by atoms with Crippen molar-refractivity contribution in [3.05, 3.63) is 29.3 Å². The molecule has 0 bridgehead atoms. The van der Waals surface area contributed by atoms with Gasteiger partial charge in [-0.2, -0.15) is 0 Å². The van der Waals surface area contributed by atoms with Gasteiger partial charge in [-0.25, -0.2) is 4.79 Å². The number of likely N-dealkylation sites (tertiary alicyclic amines) is 1. The molecule has 0 aromatic heterocycles. The first kappa shape index (κ1) is 15.3. The van der Waals surface area contributed by atoms with E-state index in [2.05, 4.69) is 25.7 Å². The number of carbonyl (C=O) groups is 1. The summed E-state index contributed by atoms with van der Waals surface area (Å²) in [7, 11) is 0. The largest absolute Gasteiger partial charge is 0.492 e. The summed E-state index contributed by atoms with van der Waals surface area (Å²) in [4.78, 5) is 14.0. The Bertz CT molecular complexity index is 567. The van der Waals surface area contributed by atoms with Crippen LogP contribution in [0, 0.1) is 5.41 Å². The molecule has 1 aromatic carbocycles. The molecule has 4 heteroatoms. The van der Waals surface area contributed by atoms with Crippen LogP contribution in [0.5, 0.6) is 5.75 Å². The van der Waals surface area contributed by atoms with Crippen LogP contribution in [0.4, 0.5) is 0 Å². The Labute approximate surface area is 132 Å².